The van der Waals surface area contributed by atoms with E-state index in [2.05, 4.69) is 29.5 Å². The molecule has 5 nitrogen and oxygen atoms in total. The third-order valence-corrected chi connectivity index (χ3v) is 3.69. The Balaban J connectivity index is 1.99. The summed E-state index contributed by atoms with van der Waals surface area (Å²) in [6.45, 7) is 5.21. The first-order valence-electron chi connectivity index (χ1n) is 8.24. The first kappa shape index (κ1) is 17.8. The van der Waals surface area contributed by atoms with Gasteiger partial charge >= 0.3 is 0 Å². The minimum atomic E-state index is -0.137. The number of hydrogen-bond donors (Lipinski definition) is 2. The van der Waals surface area contributed by atoms with Crippen LogP contribution in [0.15, 0.2) is 42.6 Å². The number of carbonyl (C=O) groups excluding carboxylic acids is 1. The molecule has 0 aliphatic heterocycles. The number of anilines is 3. The summed E-state index contributed by atoms with van der Waals surface area (Å²) in [5, 5.41) is 6.17. The highest BCUT2D eigenvalue weighted by Crippen LogP contribution is 2.17. The average Bonchev–Trinajstić information content (AvgIpc) is 2.55. The minimum absolute atomic E-state index is 0.137. The van der Waals surface area contributed by atoms with Crippen molar-refractivity contribution in [2.75, 3.05) is 36.2 Å². The minimum Gasteiger partial charge on any atom is -0.378 e. The fourth-order valence-corrected chi connectivity index (χ4v) is 2.20. The van der Waals surface area contributed by atoms with Crippen molar-refractivity contribution < 1.29 is 4.79 Å². The van der Waals surface area contributed by atoms with E-state index >= 15 is 0 Å². The molecule has 128 valence electrons. The highest BCUT2D eigenvalue weighted by molar-refractivity contribution is 6.04. The van der Waals surface area contributed by atoms with Gasteiger partial charge in [-0.2, -0.15) is 0 Å². The van der Waals surface area contributed by atoms with Gasteiger partial charge in [0.05, 0.1) is 0 Å². The molecular formula is C19H26N4O. The summed E-state index contributed by atoms with van der Waals surface area (Å²) in [7, 11) is 3.97. The molecule has 0 bridgehead atoms. The monoisotopic (exact) mass is 326 g/mol. The summed E-state index contributed by atoms with van der Waals surface area (Å²) >= 11 is 0. The first-order chi connectivity index (χ1) is 11.5. The van der Waals surface area contributed by atoms with E-state index < -0.39 is 0 Å². The Labute approximate surface area is 144 Å². The molecule has 0 spiro atoms. The van der Waals surface area contributed by atoms with Crippen LogP contribution in [0.5, 0.6) is 0 Å². The van der Waals surface area contributed by atoms with Crippen LogP contribution in [0.25, 0.3) is 0 Å². The molecule has 0 aliphatic carbocycles. The van der Waals surface area contributed by atoms with E-state index in [4.69, 9.17) is 0 Å². The Hall–Kier alpha value is -2.56. The second-order valence-corrected chi connectivity index (χ2v) is 6.43. The lowest BCUT2D eigenvalue weighted by Gasteiger charge is -2.13. The van der Waals surface area contributed by atoms with Crippen molar-refractivity contribution in [2.24, 2.45) is 5.92 Å². The third-order valence-electron chi connectivity index (χ3n) is 3.69. The van der Waals surface area contributed by atoms with Crippen LogP contribution in [-0.2, 0) is 0 Å². The summed E-state index contributed by atoms with van der Waals surface area (Å²) < 4.78 is 0. The molecule has 1 amide bonds. The molecular weight excluding hydrogens is 300 g/mol. The number of nitrogens with one attached hydrogen (secondary N) is 2. The standard InChI is InChI=1S/C19H26N4O/c1-14(2)9-11-20-18-13-15(10-12-21-18)19(24)22-16-5-7-17(8-6-16)23(3)4/h5-8,10,12-14H,9,11H2,1-4H3,(H,20,21)(H,22,24). The van der Waals surface area contributed by atoms with Crippen molar-refractivity contribution >= 4 is 23.1 Å². The van der Waals surface area contributed by atoms with E-state index in [-0.39, 0.29) is 5.91 Å². The van der Waals surface area contributed by atoms with Crippen LogP contribution in [-0.4, -0.2) is 31.5 Å². The van der Waals surface area contributed by atoms with Crippen molar-refractivity contribution in [3.8, 4) is 0 Å². The molecule has 1 heterocycles. The number of benzene rings is 1. The molecule has 1 aromatic carbocycles. The number of pyridine rings is 1. The lowest BCUT2D eigenvalue weighted by atomic mass is 10.1. The number of carbonyl (C=O) groups is 1. The zero-order valence-corrected chi connectivity index (χ0v) is 14.8. The van der Waals surface area contributed by atoms with Gasteiger partial charge in [0.1, 0.15) is 5.82 Å². The van der Waals surface area contributed by atoms with Crippen molar-refractivity contribution in [1.29, 1.82) is 0 Å². The summed E-state index contributed by atoms with van der Waals surface area (Å²) in [4.78, 5) is 18.7. The predicted octanol–water partition coefficient (Wildman–Crippen LogP) is 3.86. The van der Waals surface area contributed by atoms with Crippen LogP contribution in [0.3, 0.4) is 0 Å². The van der Waals surface area contributed by atoms with Gasteiger partial charge in [-0.1, -0.05) is 13.8 Å². The third kappa shape index (κ3) is 5.26. The van der Waals surface area contributed by atoms with Gasteiger partial charge in [0.15, 0.2) is 0 Å². The van der Waals surface area contributed by atoms with E-state index in [9.17, 15) is 4.79 Å². The predicted molar refractivity (Wildman–Crippen MR) is 101 cm³/mol. The maximum atomic E-state index is 12.4. The first-order valence-corrected chi connectivity index (χ1v) is 8.24. The zero-order chi connectivity index (χ0) is 17.5. The van der Waals surface area contributed by atoms with Crippen LogP contribution in [0, 0.1) is 5.92 Å². The molecule has 0 radical (unpaired) electrons. The molecule has 0 aliphatic rings. The molecule has 0 saturated heterocycles. The Morgan fingerprint density at radius 1 is 1.17 bits per heavy atom. The van der Waals surface area contributed by atoms with Gasteiger partial charge in [-0.25, -0.2) is 4.98 Å². The van der Waals surface area contributed by atoms with E-state index in [1.807, 2.05) is 43.3 Å². The van der Waals surface area contributed by atoms with Gasteiger partial charge in [-0.3, -0.25) is 4.79 Å². The average molecular weight is 326 g/mol. The van der Waals surface area contributed by atoms with E-state index in [1.54, 1.807) is 18.3 Å². The van der Waals surface area contributed by atoms with E-state index in [0.717, 1.165) is 30.2 Å². The van der Waals surface area contributed by atoms with Crippen molar-refractivity contribution in [1.82, 2.24) is 4.98 Å². The molecule has 0 atom stereocenters. The Morgan fingerprint density at radius 3 is 2.50 bits per heavy atom. The lowest BCUT2D eigenvalue weighted by Crippen LogP contribution is -2.14. The van der Waals surface area contributed by atoms with Gasteiger partial charge in [0.25, 0.3) is 5.91 Å². The van der Waals surface area contributed by atoms with Crippen LogP contribution in [0.2, 0.25) is 0 Å². The number of amides is 1. The summed E-state index contributed by atoms with van der Waals surface area (Å²) in [6.07, 6.45) is 2.72. The molecule has 0 unspecified atom stereocenters. The maximum Gasteiger partial charge on any atom is 0.255 e. The maximum absolute atomic E-state index is 12.4. The van der Waals surface area contributed by atoms with Crippen LogP contribution >= 0.6 is 0 Å². The smallest absolute Gasteiger partial charge is 0.255 e. The van der Waals surface area contributed by atoms with Gasteiger partial charge in [0.2, 0.25) is 0 Å². The molecule has 2 rings (SSSR count). The van der Waals surface area contributed by atoms with Crippen LogP contribution in [0.4, 0.5) is 17.2 Å². The topological polar surface area (TPSA) is 57.3 Å². The molecule has 5 heteroatoms. The molecule has 0 fully saturated rings. The lowest BCUT2D eigenvalue weighted by molar-refractivity contribution is 0.102. The Morgan fingerprint density at radius 2 is 1.88 bits per heavy atom. The fourth-order valence-electron chi connectivity index (χ4n) is 2.20. The molecule has 2 aromatic rings. The number of hydrogen-bond acceptors (Lipinski definition) is 4. The molecule has 0 saturated carbocycles. The highest BCUT2D eigenvalue weighted by atomic mass is 16.1. The normalized spacial score (nSPS) is 10.5. The zero-order valence-electron chi connectivity index (χ0n) is 14.8. The summed E-state index contributed by atoms with van der Waals surface area (Å²) in [5.41, 5.74) is 2.46. The van der Waals surface area contributed by atoms with Crippen LogP contribution in [0.1, 0.15) is 30.6 Å². The number of nitrogens with zero attached hydrogens (tertiary/aromatic N) is 2. The molecule has 24 heavy (non-hydrogen) atoms. The van der Waals surface area contributed by atoms with Crippen molar-refractivity contribution in [2.45, 2.75) is 20.3 Å². The molecule has 1 aromatic heterocycles. The second-order valence-electron chi connectivity index (χ2n) is 6.43. The Bertz CT molecular complexity index is 665. The second kappa shape index (κ2) is 8.34. The summed E-state index contributed by atoms with van der Waals surface area (Å²) in [5.74, 6) is 1.22. The van der Waals surface area contributed by atoms with Gasteiger partial charge in [-0.15, -0.1) is 0 Å². The van der Waals surface area contributed by atoms with Gasteiger partial charge in [-0.05, 0) is 48.7 Å². The SMILES string of the molecule is CC(C)CCNc1cc(C(=O)Nc2ccc(N(C)C)cc2)ccn1. The Kier molecular flexibility index (Phi) is 6.18. The highest BCUT2D eigenvalue weighted by Gasteiger charge is 2.08. The van der Waals surface area contributed by atoms with Crippen LogP contribution < -0.4 is 15.5 Å². The van der Waals surface area contributed by atoms with E-state index in [0.29, 0.717) is 11.5 Å². The van der Waals surface area contributed by atoms with Gasteiger partial charge < -0.3 is 15.5 Å². The van der Waals surface area contributed by atoms with Crippen molar-refractivity contribution in [3.63, 3.8) is 0 Å². The number of rotatable bonds is 7. The number of aromatic nitrogens is 1. The quantitative estimate of drug-likeness (QED) is 0.811. The van der Waals surface area contributed by atoms with Gasteiger partial charge in [0, 0.05) is 43.8 Å². The molecule has 2 N–H and O–H groups in total. The summed E-state index contributed by atoms with van der Waals surface area (Å²) in [6, 6.07) is 11.2. The van der Waals surface area contributed by atoms with E-state index in [1.165, 1.54) is 0 Å². The largest absolute Gasteiger partial charge is 0.378 e. The van der Waals surface area contributed by atoms with Crippen molar-refractivity contribution in [3.05, 3.63) is 48.2 Å². The fraction of sp³-hybridized carbons (Fsp3) is 0.368.